The topological polar surface area (TPSA) is 59.1 Å². The largest absolute Gasteiger partial charge is 0.264 e. The minimum Gasteiger partial charge on any atom is -0.263 e. The number of aryl methyl sites for hydroxylation is 2. The Morgan fingerprint density at radius 2 is 2.11 bits per heavy atom. The molecule has 0 aliphatic carbocycles. The highest BCUT2D eigenvalue weighted by Gasteiger charge is 2.20. The number of aromatic nitrogens is 1. The zero-order valence-corrected chi connectivity index (χ0v) is 13.0. The summed E-state index contributed by atoms with van der Waals surface area (Å²) in [5.41, 5.74) is 0.785. The molecule has 0 unspecified atom stereocenters. The molecule has 18 heavy (non-hydrogen) atoms. The molecule has 96 valence electrons. The number of rotatable bonds is 3. The molecule has 0 amide bonds. The van der Waals surface area contributed by atoms with Crippen LogP contribution in [-0.4, -0.2) is 13.4 Å². The minimum atomic E-state index is -3.58. The van der Waals surface area contributed by atoms with Gasteiger partial charge in [0.1, 0.15) is 10.7 Å². The third kappa shape index (κ3) is 2.73. The molecule has 2 heterocycles. The van der Waals surface area contributed by atoms with Gasteiger partial charge in [-0.05, 0) is 47.5 Å². The van der Waals surface area contributed by atoms with Crippen molar-refractivity contribution < 1.29 is 8.42 Å². The maximum absolute atomic E-state index is 12.2. The summed E-state index contributed by atoms with van der Waals surface area (Å²) in [6.45, 7) is 3.58. The van der Waals surface area contributed by atoms with Crippen molar-refractivity contribution in [3.63, 3.8) is 0 Å². The molecule has 0 atom stereocenters. The zero-order valence-electron chi connectivity index (χ0n) is 9.77. The van der Waals surface area contributed by atoms with E-state index in [1.54, 1.807) is 38.2 Å². The van der Waals surface area contributed by atoms with Gasteiger partial charge < -0.3 is 0 Å². The van der Waals surface area contributed by atoms with Crippen LogP contribution in [-0.2, 0) is 10.0 Å². The van der Waals surface area contributed by atoms with Crippen LogP contribution in [0.25, 0.3) is 0 Å². The van der Waals surface area contributed by atoms with Crippen LogP contribution in [0.4, 0.5) is 5.82 Å². The van der Waals surface area contributed by atoms with E-state index in [2.05, 4.69) is 25.6 Å². The SMILES string of the molecule is Cc1cccnc1NS(=O)(=O)c1cc(Br)sc1C. The lowest BCUT2D eigenvalue weighted by atomic mass is 10.3. The molecule has 0 spiro atoms. The number of anilines is 1. The third-order valence-corrected chi connectivity index (χ3v) is 5.52. The molecule has 0 saturated carbocycles. The molecule has 0 radical (unpaired) electrons. The number of hydrogen-bond donors (Lipinski definition) is 1. The number of nitrogens with zero attached hydrogens (tertiary/aromatic N) is 1. The Balaban J connectivity index is 2.40. The van der Waals surface area contributed by atoms with Gasteiger partial charge in [0.15, 0.2) is 0 Å². The fourth-order valence-electron chi connectivity index (χ4n) is 1.47. The van der Waals surface area contributed by atoms with Crippen molar-refractivity contribution >= 4 is 43.1 Å². The summed E-state index contributed by atoms with van der Waals surface area (Å²) in [4.78, 5) is 5.05. The number of pyridine rings is 1. The molecule has 1 N–H and O–H groups in total. The highest BCUT2D eigenvalue weighted by Crippen LogP contribution is 2.30. The predicted molar refractivity (Wildman–Crippen MR) is 76.5 cm³/mol. The van der Waals surface area contributed by atoms with Crippen LogP contribution in [0.2, 0.25) is 0 Å². The molecule has 2 aromatic rings. The van der Waals surface area contributed by atoms with Gasteiger partial charge in [-0.2, -0.15) is 0 Å². The minimum absolute atomic E-state index is 0.282. The van der Waals surface area contributed by atoms with Crippen LogP contribution in [0.5, 0.6) is 0 Å². The molecule has 0 saturated heterocycles. The first-order valence-electron chi connectivity index (χ1n) is 5.10. The first kappa shape index (κ1) is 13.5. The van der Waals surface area contributed by atoms with Crippen LogP contribution >= 0.6 is 27.3 Å². The molecule has 0 aliphatic heterocycles. The number of hydrogen-bond acceptors (Lipinski definition) is 4. The fraction of sp³-hybridized carbons (Fsp3) is 0.182. The van der Waals surface area contributed by atoms with E-state index in [9.17, 15) is 8.42 Å². The average molecular weight is 347 g/mol. The van der Waals surface area contributed by atoms with E-state index in [1.165, 1.54) is 11.3 Å². The molecular weight excluding hydrogens is 336 g/mol. The van der Waals surface area contributed by atoms with Crippen molar-refractivity contribution in [3.05, 3.63) is 38.6 Å². The van der Waals surface area contributed by atoms with Crippen LogP contribution < -0.4 is 4.72 Å². The van der Waals surface area contributed by atoms with Gasteiger partial charge in [-0.1, -0.05) is 6.07 Å². The summed E-state index contributed by atoms with van der Waals surface area (Å²) in [6.07, 6.45) is 1.56. The smallest absolute Gasteiger partial charge is 0.263 e. The second-order valence-corrected chi connectivity index (χ2v) is 8.03. The second kappa shape index (κ2) is 4.99. The third-order valence-electron chi connectivity index (χ3n) is 2.37. The standard InChI is InChI=1S/C11H11BrN2O2S2/c1-7-4-3-5-13-11(7)14-18(15,16)9-6-10(12)17-8(9)2/h3-6H,1-2H3,(H,13,14). The average Bonchev–Trinajstić information content (AvgIpc) is 2.62. The predicted octanol–water partition coefficient (Wildman–Crippen LogP) is 3.32. The van der Waals surface area contributed by atoms with Crippen LogP contribution in [0.1, 0.15) is 10.4 Å². The molecule has 4 nitrogen and oxygen atoms in total. The van der Waals surface area contributed by atoms with E-state index in [-0.39, 0.29) is 4.90 Å². The van der Waals surface area contributed by atoms with Crippen molar-refractivity contribution in [1.82, 2.24) is 4.98 Å². The summed E-state index contributed by atoms with van der Waals surface area (Å²) in [7, 11) is -3.58. The molecule has 0 fully saturated rings. The van der Waals surface area contributed by atoms with Crippen LogP contribution in [0.3, 0.4) is 0 Å². The molecular formula is C11H11BrN2O2S2. The zero-order chi connectivity index (χ0) is 13.3. The summed E-state index contributed by atoms with van der Waals surface area (Å²) in [5.74, 6) is 0.360. The van der Waals surface area contributed by atoms with Crippen molar-refractivity contribution in [2.24, 2.45) is 0 Å². The molecule has 0 aromatic carbocycles. The van der Waals surface area contributed by atoms with Crippen LogP contribution in [0, 0.1) is 13.8 Å². The Bertz CT molecular complexity index is 680. The fourth-order valence-corrected chi connectivity index (χ4v) is 4.97. The molecule has 0 aliphatic rings. The highest BCUT2D eigenvalue weighted by molar-refractivity contribution is 9.11. The first-order chi connectivity index (χ1) is 8.40. The molecule has 2 rings (SSSR count). The van der Waals surface area contributed by atoms with Crippen LogP contribution in [0.15, 0.2) is 33.1 Å². The Kier molecular flexibility index (Phi) is 3.74. The van der Waals surface area contributed by atoms with Gasteiger partial charge >= 0.3 is 0 Å². The maximum atomic E-state index is 12.2. The Hall–Kier alpha value is -0.920. The van der Waals surface area contributed by atoms with E-state index in [4.69, 9.17) is 0 Å². The summed E-state index contributed by atoms with van der Waals surface area (Å²) in [5, 5.41) is 0. The first-order valence-corrected chi connectivity index (χ1v) is 8.20. The van der Waals surface area contributed by atoms with Crippen molar-refractivity contribution in [2.45, 2.75) is 18.7 Å². The summed E-state index contributed by atoms with van der Waals surface area (Å²) < 4.78 is 27.7. The molecule has 2 aromatic heterocycles. The van der Waals surface area contributed by atoms with E-state index >= 15 is 0 Å². The van der Waals surface area contributed by atoms with E-state index in [0.29, 0.717) is 5.82 Å². The van der Waals surface area contributed by atoms with Crippen molar-refractivity contribution in [3.8, 4) is 0 Å². The van der Waals surface area contributed by atoms with E-state index in [0.717, 1.165) is 14.2 Å². The molecule has 7 heteroatoms. The molecule has 0 bridgehead atoms. The highest BCUT2D eigenvalue weighted by atomic mass is 79.9. The Morgan fingerprint density at radius 1 is 1.39 bits per heavy atom. The summed E-state index contributed by atoms with van der Waals surface area (Å²) >= 11 is 4.67. The van der Waals surface area contributed by atoms with Crippen molar-refractivity contribution in [2.75, 3.05) is 4.72 Å². The lowest BCUT2D eigenvalue weighted by molar-refractivity contribution is 0.601. The number of thiophene rings is 1. The normalized spacial score (nSPS) is 11.5. The Morgan fingerprint density at radius 3 is 2.67 bits per heavy atom. The quantitative estimate of drug-likeness (QED) is 0.927. The number of halogens is 1. The van der Waals surface area contributed by atoms with E-state index in [1.807, 2.05) is 0 Å². The number of nitrogens with one attached hydrogen (secondary N) is 1. The lowest BCUT2D eigenvalue weighted by Crippen LogP contribution is -2.14. The van der Waals surface area contributed by atoms with Gasteiger partial charge in [-0.25, -0.2) is 13.4 Å². The van der Waals surface area contributed by atoms with Gasteiger partial charge in [0.05, 0.1) is 3.79 Å². The second-order valence-electron chi connectivity index (χ2n) is 3.75. The Labute approximate surface area is 118 Å². The van der Waals surface area contributed by atoms with E-state index < -0.39 is 10.0 Å². The monoisotopic (exact) mass is 346 g/mol. The van der Waals surface area contributed by atoms with Gasteiger partial charge in [0.2, 0.25) is 0 Å². The summed E-state index contributed by atoms with van der Waals surface area (Å²) in [6, 6.07) is 5.17. The number of sulfonamides is 1. The van der Waals surface area contributed by atoms with Gasteiger partial charge in [0.25, 0.3) is 10.0 Å². The van der Waals surface area contributed by atoms with Gasteiger partial charge in [-0.15, -0.1) is 11.3 Å². The maximum Gasteiger partial charge on any atom is 0.264 e. The lowest BCUT2D eigenvalue weighted by Gasteiger charge is -2.08. The van der Waals surface area contributed by atoms with Gasteiger partial charge in [0, 0.05) is 11.1 Å². The van der Waals surface area contributed by atoms with Crippen molar-refractivity contribution in [1.29, 1.82) is 0 Å². The van der Waals surface area contributed by atoms with Gasteiger partial charge in [-0.3, -0.25) is 4.72 Å².